The van der Waals surface area contributed by atoms with Gasteiger partial charge in [-0.2, -0.15) is 0 Å². The number of ether oxygens (including phenoxy) is 1. The van der Waals surface area contributed by atoms with Gasteiger partial charge in [-0.1, -0.05) is 24.3 Å². The van der Waals surface area contributed by atoms with Gasteiger partial charge in [0.25, 0.3) is 0 Å². The minimum atomic E-state index is -1.13. The average molecular weight is 325 g/mol. The second kappa shape index (κ2) is 8.86. The Morgan fingerprint density at radius 3 is 2.35 bits per heavy atom. The van der Waals surface area contributed by atoms with Crippen LogP contribution in [0.3, 0.4) is 0 Å². The van der Waals surface area contributed by atoms with Gasteiger partial charge in [0, 0.05) is 13.2 Å². The van der Waals surface area contributed by atoms with Gasteiger partial charge in [0.15, 0.2) is 0 Å². The summed E-state index contributed by atoms with van der Waals surface area (Å²) in [5, 5.41) is 31.3. The molecule has 0 saturated heterocycles. The summed E-state index contributed by atoms with van der Waals surface area (Å²) in [5.41, 5.74) is 1.01. The van der Waals surface area contributed by atoms with E-state index in [0.29, 0.717) is 12.0 Å². The zero-order valence-corrected chi connectivity index (χ0v) is 14.0. The molecule has 130 valence electrons. The molecule has 6 nitrogen and oxygen atoms in total. The van der Waals surface area contributed by atoms with Crippen LogP contribution in [0.25, 0.3) is 0 Å². The van der Waals surface area contributed by atoms with E-state index in [2.05, 4.69) is 5.32 Å². The third-order valence-electron chi connectivity index (χ3n) is 3.16. The lowest BCUT2D eigenvalue weighted by molar-refractivity contribution is 0.0129. The van der Waals surface area contributed by atoms with Crippen LogP contribution in [0.1, 0.15) is 44.4 Å². The third-order valence-corrected chi connectivity index (χ3v) is 3.16. The molecule has 0 aliphatic carbocycles. The van der Waals surface area contributed by atoms with Gasteiger partial charge >= 0.3 is 6.09 Å². The first-order chi connectivity index (χ1) is 10.7. The van der Waals surface area contributed by atoms with Crippen molar-refractivity contribution >= 4 is 6.09 Å². The molecule has 0 aliphatic heterocycles. The third kappa shape index (κ3) is 7.45. The first-order valence-electron chi connectivity index (χ1n) is 7.75. The number of carbonyl (C=O) groups is 1. The highest BCUT2D eigenvalue weighted by molar-refractivity contribution is 5.67. The summed E-state index contributed by atoms with van der Waals surface area (Å²) in [6.45, 7) is 5.27. The lowest BCUT2D eigenvalue weighted by Crippen LogP contribution is -2.38. The van der Waals surface area contributed by atoms with Crippen molar-refractivity contribution < 1.29 is 24.9 Å². The van der Waals surface area contributed by atoms with E-state index in [0.717, 1.165) is 12.0 Å². The molecule has 0 aromatic heterocycles. The molecule has 0 saturated carbocycles. The normalized spacial score (nSPS) is 14.2. The van der Waals surface area contributed by atoms with Crippen LogP contribution in [0.15, 0.2) is 24.3 Å². The molecule has 4 N–H and O–H groups in total. The monoisotopic (exact) mass is 325 g/mol. The molecule has 0 radical (unpaired) electrons. The number of aliphatic hydroxyl groups is 3. The van der Waals surface area contributed by atoms with Crippen LogP contribution in [0, 0.1) is 0 Å². The van der Waals surface area contributed by atoms with Crippen LogP contribution < -0.4 is 5.32 Å². The Morgan fingerprint density at radius 1 is 1.22 bits per heavy atom. The molecule has 1 aromatic rings. The minimum absolute atomic E-state index is 0.109. The first kappa shape index (κ1) is 19.4. The number of aryl methyl sites for hydroxylation is 1. The average Bonchev–Trinajstić information content (AvgIpc) is 2.48. The molecule has 6 heteroatoms. The number of carbonyl (C=O) groups excluding carboxylic acids is 1. The Bertz CT molecular complexity index is 481. The summed E-state index contributed by atoms with van der Waals surface area (Å²) in [6.07, 6.45) is -1.43. The molecule has 1 rings (SSSR count). The molecule has 0 fully saturated rings. The van der Waals surface area contributed by atoms with Crippen LogP contribution in [0.5, 0.6) is 0 Å². The molecular formula is C17H27NO5. The van der Waals surface area contributed by atoms with E-state index in [1.807, 2.05) is 12.1 Å². The lowest BCUT2D eigenvalue weighted by Gasteiger charge is -2.22. The largest absolute Gasteiger partial charge is 0.444 e. The lowest BCUT2D eigenvalue weighted by atomic mass is 10.0. The molecule has 2 unspecified atom stereocenters. The predicted octanol–water partition coefficient (Wildman–Crippen LogP) is 1.53. The number of amides is 1. The van der Waals surface area contributed by atoms with Crippen molar-refractivity contribution in [3.63, 3.8) is 0 Å². The van der Waals surface area contributed by atoms with Crippen molar-refractivity contribution in [1.29, 1.82) is 0 Å². The van der Waals surface area contributed by atoms with E-state index < -0.39 is 23.9 Å². The number of hydrogen-bond acceptors (Lipinski definition) is 5. The molecule has 1 aromatic carbocycles. The summed E-state index contributed by atoms with van der Waals surface area (Å²) >= 11 is 0. The Labute approximate surface area is 137 Å². The van der Waals surface area contributed by atoms with E-state index in [9.17, 15) is 15.0 Å². The highest BCUT2D eigenvalue weighted by Crippen LogP contribution is 2.18. The molecule has 1 amide bonds. The van der Waals surface area contributed by atoms with Crippen molar-refractivity contribution in [3.05, 3.63) is 35.4 Å². The first-order valence-corrected chi connectivity index (χ1v) is 7.75. The van der Waals surface area contributed by atoms with E-state index in [1.165, 1.54) is 0 Å². The van der Waals surface area contributed by atoms with Crippen LogP contribution in [-0.2, 0) is 11.2 Å². The van der Waals surface area contributed by atoms with Crippen molar-refractivity contribution in [1.82, 2.24) is 5.32 Å². The number of hydrogen-bond donors (Lipinski definition) is 4. The van der Waals surface area contributed by atoms with Gasteiger partial charge in [-0.15, -0.1) is 0 Å². The molecular weight excluding hydrogens is 298 g/mol. The van der Waals surface area contributed by atoms with Crippen LogP contribution in [0.4, 0.5) is 4.79 Å². The van der Waals surface area contributed by atoms with Gasteiger partial charge in [-0.25, -0.2) is 4.79 Å². The zero-order chi connectivity index (χ0) is 17.5. The molecule has 0 spiro atoms. The van der Waals surface area contributed by atoms with E-state index >= 15 is 0 Å². The van der Waals surface area contributed by atoms with Gasteiger partial charge in [0.2, 0.25) is 0 Å². The van der Waals surface area contributed by atoms with E-state index in [4.69, 9.17) is 9.84 Å². The zero-order valence-electron chi connectivity index (χ0n) is 14.0. The van der Waals surface area contributed by atoms with Gasteiger partial charge < -0.3 is 25.4 Å². The van der Waals surface area contributed by atoms with E-state index in [1.54, 1.807) is 32.9 Å². The summed E-state index contributed by atoms with van der Waals surface area (Å²) < 4.78 is 5.06. The van der Waals surface area contributed by atoms with Crippen molar-refractivity contribution in [2.75, 3.05) is 13.2 Å². The summed E-state index contributed by atoms with van der Waals surface area (Å²) in [7, 11) is 0. The van der Waals surface area contributed by atoms with Crippen LogP contribution >= 0.6 is 0 Å². The van der Waals surface area contributed by atoms with Crippen molar-refractivity contribution in [2.24, 2.45) is 0 Å². The highest BCUT2D eigenvalue weighted by Gasteiger charge is 2.21. The predicted molar refractivity (Wildman–Crippen MR) is 87.1 cm³/mol. The van der Waals surface area contributed by atoms with E-state index in [-0.39, 0.29) is 13.2 Å². The number of aliphatic hydroxyl groups excluding tert-OH is 3. The standard InChI is InChI=1S/C17H27NO5/c1-17(2,3)23-16(22)18-11-14(20)15(21)13-8-6-12(7-9-13)5-4-10-19/h6-9,14-15,19-21H,4-5,10-11H2,1-3H3,(H,18,22). The Balaban J connectivity index is 2.49. The summed E-state index contributed by atoms with van der Waals surface area (Å²) in [6, 6.07) is 7.16. The number of rotatable bonds is 7. The quantitative estimate of drug-likeness (QED) is 0.609. The van der Waals surface area contributed by atoms with Crippen LogP contribution in [0.2, 0.25) is 0 Å². The topological polar surface area (TPSA) is 99.0 Å². The number of benzene rings is 1. The van der Waals surface area contributed by atoms with Gasteiger partial charge in [-0.3, -0.25) is 0 Å². The maximum absolute atomic E-state index is 11.5. The SMILES string of the molecule is CC(C)(C)OC(=O)NCC(O)C(O)c1ccc(CCCO)cc1. The van der Waals surface area contributed by atoms with Crippen molar-refractivity contribution in [2.45, 2.75) is 51.4 Å². The Morgan fingerprint density at radius 2 is 1.83 bits per heavy atom. The van der Waals surface area contributed by atoms with Gasteiger partial charge in [-0.05, 0) is 44.7 Å². The van der Waals surface area contributed by atoms with Gasteiger partial charge in [0.1, 0.15) is 17.8 Å². The molecule has 0 heterocycles. The van der Waals surface area contributed by atoms with Crippen molar-refractivity contribution in [3.8, 4) is 0 Å². The fourth-order valence-electron chi connectivity index (χ4n) is 2.00. The molecule has 23 heavy (non-hydrogen) atoms. The Kier molecular flexibility index (Phi) is 7.48. The smallest absolute Gasteiger partial charge is 0.407 e. The fraction of sp³-hybridized carbons (Fsp3) is 0.588. The summed E-state index contributed by atoms with van der Waals surface area (Å²) in [5.74, 6) is 0. The summed E-state index contributed by atoms with van der Waals surface area (Å²) in [4.78, 5) is 11.5. The second-order valence-electron chi connectivity index (χ2n) is 6.46. The maximum atomic E-state index is 11.5. The van der Waals surface area contributed by atoms with Gasteiger partial charge in [0.05, 0.1) is 0 Å². The highest BCUT2D eigenvalue weighted by atomic mass is 16.6. The fourth-order valence-corrected chi connectivity index (χ4v) is 2.00. The molecule has 0 aliphatic rings. The Hall–Kier alpha value is -1.63. The number of alkyl carbamates (subject to hydrolysis) is 1. The number of nitrogens with one attached hydrogen (secondary N) is 1. The second-order valence-corrected chi connectivity index (χ2v) is 6.46. The molecule has 0 bridgehead atoms. The minimum Gasteiger partial charge on any atom is -0.444 e. The maximum Gasteiger partial charge on any atom is 0.407 e. The van der Waals surface area contributed by atoms with Crippen LogP contribution in [-0.4, -0.2) is 46.3 Å². The molecule has 2 atom stereocenters.